The van der Waals surface area contributed by atoms with Gasteiger partial charge in [0.15, 0.2) is 0 Å². The van der Waals surface area contributed by atoms with E-state index >= 15 is 0 Å². The van der Waals surface area contributed by atoms with Gasteiger partial charge in [-0.2, -0.15) is 0 Å². The predicted molar refractivity (Wildman–Crippen MR) is 113 cm³/mol. The second kappa shape index (κ2) is 8.71. The Morgan fingerprint density at radius 3 is 1.93 bits per heavy atom. The molecular formula is C20H24F3IO3S. The van der Waals surface area contributed by atoms with Crippen molar-refractivity contribution in [3.8, 4) is 0 Å². The van der Waals surface area contributed by atoms with E-state index in [9.17, 15) is 21.6 Å². The number of hydrogen-bond donors (Lipinski definition) is 0. The van der Waals surface area contributed by atoms with Gasteiger partial charge >= 0.3 is 173 Å². The van der Waals surface area contributed by atoms with Crippen LogP contribution in [0, 0.1) is 33.8 Å². The Morgan fingerprint density at radius 2 is 1.50 bits per heavy atom. The molecule has 0 saturated heterocycles. The summed E-state index contributed by atoms with van der Waals surface area (Å²) >= 11 is -3.36. The van der Waals surface area contributed by atoms with E-state index in [2.05, 4.69) is 13.8 Å². The van der Waals surface area contributed by atoms with Crippen LogP contribution in [0.4, 0.5) is 13.2 Å². The molecule has 0 spiro atoms. The van der Waals surface area contributed by atoms with Crippen molar-refractivity contribution < 1.29 is 24.1 Å². The molecule has 0 aliphatic heterocycles. The Hall–Kier alpha value is -1.13. The molecule has 0 atom stereocenters. The Labute approximate surface area is 172 Å². The Kier molecular flexibility index (Phi) is 7.20. The zero-order valence-electron chi connectivity index (χ0n) is 16.4. The van der Waals surface area contributed by atoms with Crippen molar-refractivity contribution in [3.05, 3.63) is 65.8 Å². The summed E-state index contributed by atoms with van der Waals surface area (Å²) in [5.41, 5.74) is -1.96. The molecule has 156 valence electrons. The van der Waals surface area contributed by atoms with Gasteiger partial charge in [0.2, 0.25) is 0 Å². The average molecular weight is 528 g/mol. The van der Waals surface area contributed by atoms with E-state index in [1.807, 2.05) is 31.2 Å². The number of rotatable bonds is 6. The summed E-state index contributed by atoms with van der Waals surface area (Å²) in [6.07, 6.45) is 0.832. The van der Waals surface area contributed by atoms with Crippen molar-refractivity contribution in [2.75, 3.05) is 0 Å². The van der Waals surface area contributed by atoms with Gasteiger partial charge in [0.25, 0.3) is 0 Å². The van der Waals surface area contributed by atoms with Crippen LogP contribution in [-0.2, 0) is 19.1 Å². The van der Waals surface area contributed by atoms with Crippen LogP contribution >= 0.6 is 20.2 Å². The number of benzene rings is 2. The maximum absolute atomic E-state index is 13.0. The van der Waals surface area contributed by atoms with E-state index in [0.717, 1.165) is 28.7 Å². The molecule has 0 aromatic heterocycles. The molecular weight excluding hydrogens is 504 g/mol. The van der Waals surface area contributed by atoms with Crippen LogP contribution < -0.4 is 0 Å². The third-order valence-corrected chi connectivity index (χ3v) is 11.8. The minimum absolute atomic E-state index is 0.434. The molecule has 2 aromatic rings. The van der Waals surface area contributed by atoms with Crippen LogP contribution in [0.3, 0.4) is 0 Å². The molecule has 0 radical (unpaired) electrons. The molecule has 8 heteroatoms. The molecule has 0 saturated carbocycles. The van der Waals surface area contributed by atoms with Gasteiger partial charge in [-0.3, -0.25) is 0 Å². The summed E-state index contributed by atoms with van der Waals surface area (Å²) in [6, 6.07) is 10.7. The van der Waals surface area contributed by atoms with E-state index in [-0.39, 0.29) is 0 Å². The van der Waals surface area contributed by atoms with Crippen LogP contribution in [0.25, 0.3) is 0 Å². The van der Waals surface area contributed by atoms with E-state index in [4.69, 9.17) is 2.51 Å². The fourth-order valence-corrected chi connectivity index (χ4v) is 9.99. The van der Waals surface area contributed by atoms with Gasteiger partial charge in [0.05, 0.1) is 0 Å². The molecule has 0 bridgehead atoms. The van der Waals surface area contributed by atoms with E-state index in [0.29, 0.717) is 13.1 Å². The van der Waals surface area contributed by atoms with E-state index < -0.39 is 35.9 Å². The molecule has 2 rings (SSSR count). The number of halogens is 4. The summed E-state index contributed by atoms with van der Waals surface area (Å²) in [6.45, 7) is 9.58. The van der Waals surface area contributed by atoms with Gasteiger partial charge in [-0.1, -0.05) is 0 Å². The molecule has 3 nitrogen and oxygen atoms in total. The first-order chi connectivity index (χ1) is 12.8. The zero-order valence-corrected chi connectivity index (χ0v) is 19.4. The van der Waals surface area contributed by atoms with Gasteiger partial charge in [-0.15, -0.1) is 0 Å². The fraction of sp³-hybridized carbons (Fsp3) is 0.400. The van der Waals surface area contributed by atoms with Crippen LogP contribution in [0.5, 0.6) is 0 Å². The molecule has 0 N–H and O–H groups in total. The first-order valence-corrected chi connectivity index (χ1v) is 13.1. The Balaban J connectivity index is 2.58. The second-order valence-corrected chi connectivity index (χ2v) is 13.5. The minimum atomic E-state index is -5.70. The average Bonchev–Trinajstić information content (AvgIpc) is 2.52. The molecule has 0 aliphatic carbocycles. The summed E-state index contributed by atoms with van der Waals surface area (Å²) in [5.74, 6) is 0.434. The molecule has 2 aromatic carbocycles. The van der Waals surface area contributed by atoms with Crippen molar-refractivity contribution in [2.45, 2.75) is 46.5 Å². The summed E-state index contributed by atoms with van der Waals surface area (Å²) < 4.78 is 68.6. The number of hydrogen-bond acceptors (Lipinski definition) is 3. The van der Waals surface area contributed by atoms with Crippen LogP contribution in [0.15, 0.2) is 36.4 Å². The summed E-state index contributed by atoms with van der Waals surface area (Å²) in [7, 11) is -5.70. The van der Waals surface area contributed by atoms with Crippen molar-refractivity contribution in [1.82, 2.24) is 0 Å². The molecule has 0 unspecified atom stereocenters. The van der Waals surface area contributed by atoms with Crippen molar-refractivity contribution >= 4 is 30.4 Å². The molecule has 0 fully saturated rings. The Morgan fingerprint density at radius 1 is 1.00 bits per heavy atom. The number of alkyl halides is 3. The Bertz CT molecular complexity index is 913. The predicted octanol–water partition coefficient (Wildman–Crippen LogP) is 6.14. The fourth-order valence-electron chi connectivity index (χ4n) is 2.94. The maximum atomic E-state index is 13.0. The third kappa shape index (κ3) is 5.48. The second-order valence-electron chi connectivity index (χ2n) is 7.15. The zero-order chi connectivity index (χ0) is 21.3. The van der Waals surface area contributed by atoms with Crippen LogP contribution in [0.2, 0.25) is 0 Å². The molecule has 28 heavy (non-hydrogen) atoms. The van der Waals surface area contributed by atoms with Crippen molar-refractivity contribution in [2.24, 2.45) is 5.92 Å². The monoisotopic (exact) mass is 528 g/mol. The topological polar surface area (TPSA) is 43.4 Å². The molecule has 0 heterocycles. The van der Waals surface area contributed by atoms with Crippen LogP contribution in [-0.4, -0.2) is 13.9 Å². The quantitative estimate of drug-likeness (QED) is 0.335. The summed E-state index contributed by atoms with van der Waals surface area (Å²) in [5, 5.41) is 0. The molecule has 0 aliphatic rings. The van der Waals surface area contributed by atoms with Crippen molar-refractivity contribution in [3.63, 3.8) is 0 Å². The van der Waals surface area contributed by atoms with Gasteiger partial charge < -0.3 is 0 Å². The van der Waals surface area contributed by atoms with Gasteiger partial charge in [-0.25, -0.2) is 0 Å². The van der Waals surface area contributed by atoms with Gasteiger partial charge in [0.1, 0.15) is 0 Å². The van der Waals surface area contributed by atoms with E-state index in [1.165, 1.54) is 0 Å². The standard InChI is InChI=1S/C20H24F3IO3S/c1-13(2)10-17-6-8-18(9-7-17)24(27-28(25,26)20(21,22)23)19-15(4)11-14(3)12-16(19)5/h6-9,11-13H,10H2,1-5H3. The van der Waals surface area contributed by atoms with Gasteiger partial charge in [0, 0.05) is 0 Å². The van der Waals surface area contributed by atoms with Crippen LogP contribution in [0.1, 0.15) is 36.1 Å². The first kappa shape index (κ1) is 23.2. The SMILES string of the molecule is Cc1cc(C)c(I(OS(=O)(=O)C(F)(F)F)c2ccc(CC(C)C)cc2)c(C)c1. The van der Waals surface area contributed by atoms with Crippen molar-refractivity contribution in [1.29, 1.82) is 0 Å². The first-order valence-electron chi connectivity index (χ1n) is 8.70. The normalized spacial score (nSPS) is 13.1. The molecule has 0 amide bonds. The summed E-state index contributed by atoms with van der Waals surface area (Å²) in [4.78, 5) is 0. The van der Waals surface area contributed by atoms with E-state index in [1.54, 1.807) is 26.0 Å². The third-order valence-electron chi connectivity index (χ3n) is 3.94. The van der Waals surface area contributed by atoms with Gasteiger partial charge in [-0.05, 0) is 0 Å². The number of aryl methyl sites for hydroxylation is 3.